The summed E-state index contributed by atoms with van der Waals surface area (Å²) in [5.41, 5.74) is 9.24. The molecule has 0 bridgehead atoms. The molecule has 2 atom stereocenters. The first-order valence-electron chi connectivity index (χ1n) is 6.35. The molecule has 2 unspecified atom stereocenters. The van der Waals surface area contributed by atoms with Gasteiger partial charge in [-0.2, -0.15) is 0 Å². The van der Waals surface area contributed by atoms with Gasteiger partial charge in [0.15, 0.2) is 0 Å². The lowest BCUT2D eigenvalue weighted by Gasteiger charge is -2.29. The Balaban J connectivity index is 2.27. The van der Waals surface area contributed by atoms with Crippen molar-refractivity contribution in [2.75, 3.05) is 25.0 Å². The van der Waals surface area contributed by atoms with Gasteiger partial charge in [-0.1, -0.05) is 19.1 Å². The topological polar surface area (TPSA) is 49.5 Å². The first-order chi connectivity index (χ1) is 8.13. The minimum atomic E-state index is -0.447. The Morgan fingerprint density at radius 2 is 2.24 bits per heavy atom. The summed E-state index contributed by atoms with van der Waals surface area (Å²) in [6.07, 6.45) is 1.85. The van der Waals surface area contributed by atoms with Crippen LogP contribution in [0.2, 0.25) is 0 Å². The normalized spacial score (nSPS) is 18.7. The van der Waals surface area contributed by atoms with E-state index < -0.39 is 6.10 Å². The van der Waals surface area contributed by atoms with Crippen LogP contribution in [0, 0.1) is 5.92 Å². The third-order valence-electron chi connectivity index (χ3n) is 3.71. The van der Waals surface area contributed by atoms with Crippen molar-refractivity contribution in [2.24, 2.45) is 11.7 Å². The number of hydrogen-bond donors (Lipinski definition) is 2. The molecular formula is C14H22N2O. The van der Waals surface area contributed by atoms with E-state index in [4.69, 9.17) is 5.73 Å². The predicted molar refractivity (Wildman–Crippen MR) is 71.2 cm³/mol. The Kier molecular flexibility index (Phi) is 3.69. The SMILES string of the molecule is CC(CN)C(O)c1ccc2c(c1)CCCN2C. The number of rotatable bonds is 3. The van der Waals surface area contributed by atoms with Crippen molar-refractivity contribution in [3.8, 4) is 0 Å². The summed E-state index contributed by atoms with van der Waals surface area (Å²) in [5.74, 6) is 0.106. The van der Waals surface area contributed by atoms with E-state index in [1.807, 2.05) is 13.0 Å². The lowest BCUT2D eigenvalue weighted by molar-refractivity contribution is 0.121. The highest BCUT2D eigenvalue weighted by atomic mass is 16.3. The lowest BCUT2D eigenvalue weighted by Crippen LogP contribution is -2.25. The molecule has 0 spiro atoms. The van der Waals surface area contributed by atoms with Crippen LogP contribution in [-0.2, 0) is 6.42 Å². The van der Waals surface area contributed by atoms with Crippen molar-refractivity contribution in [2.45, 2.75) is 25.9 Å². The highest BCUT2D eigenvalue weighted by molar-refractivity contribution is 5.56. The molecule has 3 N–H and O–H groups in total. The van der Waals surface area contributed by atoms with E-state index in [1.165, 1.54) is 17.7 Å². The quantitative estimate of drug-likeness (QED) is 0.837. The average Bonchev–Trinajstić information content (AvgIpc) is 2.37. The van der Waals surface area contributed by atoms with Gasteiger partial charge < -0.3 is 15.7 Å². The van der Waals surface area contributed by atoms with Gasteiger partial charge >= 0.3 is 0 Å². The number of aliphatic hydroxyl groups excluding tert-OH is 1. The summed E-state index contributed by atoms with van der Waals surface area (Å²) in [6, 6.07) is 6.29. The van der Waals surface area contributed by atoms with Crippen molar-refractivity contribution < 1.29 is 5.11 Å². The van der Waals surface area contributed by atoms with Gasteiger partial charge in [-0.05, 0) is 42.5 Å². The molecule has 0 aromatic heterocycles. The largest absolute Gasteiger partial charge is 0.388 e. The zero-order valence-corrected chi connectivity index (χ0v) is 10.7. The minimum Gasteiger partial charge on any atom is -0.388 e. The highest BCUT2D eigenvalue weighted by Crippen LogP contribution is 2.30. The third-order valence-corrected chi connectivity index (χ3v) is 3.71. The molecule has 3 nitrogen and oxygen atoms in total. The maximum atomic E-state index is 10.2. The Labute approximate surface area is 103 Å². The molecule has 94 valence electrons. The fraction of sp³-hybridized carbons (Fsp3) is 0.571. The molecule has 0 saturated heterocycles. The fourth-order valence-electron chi connectivity index (χ4n) is 2.45. The number of fused-ring (bicyclic) bond motifs is 1. The second kappa shape index (κ2) is 5.07. The summed E-state index contributed by atoms with van der Waals surface area (Å²) in [5, 5.41) is 10.2. The second-order valence-electron chi connectivity index (χ2n) is 5.07. The second-order valence-corrected chi connectivity index (χ2v) is 5.07. The molecular weight excluding hydrogens is 212 g/mol. The van der Waals surface area contributed by atoms with Gasteiger partial charge in [-0.3, -0.25) is 0 Å². The van der Waals surface area contributed by atoms with E-state index in [9.17, 15) is 5.11 Å². The maximum Gasteiger partial charge on any atom is 0.0827 e. The summed E-state index contributed by atoms with van der Waals surface area (Å²) in [7, 11) is 2.12. The maximum absolute atomic E-state index is 10.2. The van der Waals surface area contributed by atoms with Crippen LogP contribution in [-0.4, -0.2) is 25.2 Å². The summed E-state index contributed by atoms with van der Waals surface area (Å²) < 4.78 is 0. The summed E-state index contributed by atoms with van der Waals surface area (Å²) >= 11 is 0. The van der Waals surface area contributed by atoms with Crippen LogP contribution < -0.4 is 10.6 Å². The van der Waals surface area contributed by atoms with E-state index in [0.29, 0.717) is 6.54 Å². The number of hydrogen-bond acceptors (Lipinski definition) is 3. The Bertz CT molecular complexity index is 392. The first kappa shape index (κ1) is 12.4. The van der Waals surface area contributed by atoms with Crippen molar-refractivity contribution in [1.29, 1.82) is 0 Å². The van der Waals surface area contributed by atoms with Gasteiger partial charge in [0.2, 0.25) is 0 Å². The summed E-state index contributed by atoms with van der Waals surface area (Å²) in [4.78, 5) is 2.28. The van der Waals surface area contributed by atoms with Crippen LogP contribution in [0.5, 0.6) is 0 Å². The number of aryl methyl sites for hydroxylation is 1. The Hall–Kier alpha value is -1.06. The molecule has 0 amide bonds. The molecule has 3 heteroatoms. The van der Waals surface area contributed by atoms with E-state index in [2.05, 4.69) is 24.1 Å². The van der Waals surface area contributed by atoms with Crippen LogP contribution in [0.4, 0.5) is 5.69 Å². The molecule has 1 aromatic rings. The summed E-state index contributed by atoms with van der Waals surface area (Å²) in [6.45, 7) is 3.61. The van der Waals surface area contributed by atoms with E-state index in [0.717, 1.165) is 18.5 Å². The smallest absolute Gasteiger partial charge is 0.0827 e. The van der Waals surface area contributed by atoms with Gasteiger partial charge in [-0.15, -0.1) is 0 Å². The fourth-order valence-corrected chi connectivity index (χ4v) is 2.45. The van der Waals surface area contributed by atoms with Gasteiger partial charge in [0.25, 0.3) is 0 Å². The lowest BCUT2D eigenvalue weighted by atomic mass is 9.93. The van der Waals surface area contributed by atoms with Crippen LogP contribution in [0.15, 0.2) is 18.2 Å². The van der Waals surface area contributed by atoms with Crippen LogP contribution in [0.25, 0.3) is 0 Å². The number of nitrogens with zero attached hydrogens (tertiary/aromatic N) is 1. The van der Waals surface area contributed by atoms with E-state index >= 15 is 0 Å². The Morgan fingerprint density at radius 3 is 2.94 bits per heavy atom. The third kappa shape index (κ3) is 2.45. The van der Waals surface area contributed by atoms with Crippen molar-refractivity contribution in [3.05, 3.63) is 29.3 Å². The van der Waals surface area contributed by atoms with Gasteiger partial charge in [0.05, 0.1) is 6.10 Å². The molecule has 2 rings (SSSR count). The molecule has 17 heavy (non-hydrogen) atoms. The zero-order chi connectivity index (χ0) is 12.4. The van der Waals surface area contributed by atoms with Crippen LogP contribution in [0.3, 0.4) is 0 Å². The average molecular weight is 234 g/mol. The van der Waals surface area contributed by atoms with Crippen LogP contribution in [0.1, 0.15) is 30.6 Å². The number of aliphatic hydroxyl groups is 1. The van der Waals surface area contributed by atoms with Crippen molar-refractivity contribution in [3.63, 3.8) is 0 Å². The molecule has 1 aliphatic heterocycles. The van der Waals surface area contributed by atoms with Gasteiger partial charge in [0, 0.05) is 19.3 Å². The number of benzene rings is 1. The van der Waals surface area contributed by atoms with E-state index in [1.54, 1.807) is 0 Å². The van der Waals surface area contributed by atoms with Crippen molar-refractivity contribution >= 4 is 5.69 Å². The molecule has 0 radical (unpaired) electrons. The number of nitrogens with two attached hydrogens (primary N) is 1. The van der Waals surface area contributed by atoms with Gasteiger partial charge in [0.1, 0.15) is 0 Å². The standard InChI is InChI=1S/C14H22N2O/c1-10(9-15)14(17)12-5-6-13-11(8-12)4-3-7-16(13)2/h5-6,8,10,14,17H,3-4,7,9,15H2,1-2H3. The minimum absolute atomic E-state index is 0.106. The van der Waals surface area contributed by atoms with Crippen molar-refractivity contribution in [1.82, 2.24) is 0 Å². The zero-order valence-electron chi connectivity index (χ0n) is 10.7. The highest BCUT2D eigenvalue weighted by Gasteiger charge is 2.19. The number of anilines is 1. The molecule has 0 fully saturated rings. The van der Waals surface area contributed by atoms with Gasteiger partial charge in [-0.25, -0.2) is 0 Å². The molecule has 1 heterocycles. The monoisotopic (exact) mass is 234 g/mol. The molecule has 0 saturated carbocycles. The molecule has 0 aliphatic carbocycles. The van der Waals surface area contributed by atoms with E-state index in [-0.39, 0.29) is 5.92 Å². The van der Waals surface area contributed by atoms with Crippen LogP contribution >= 0.6 is 0 Å². The molecule has 1 aliphatic rings. The molecule has 1 aromatic carbocycles. The first-order valence-corrected chi connectivity index (χ1v) is 6.35. The predicted octanol–water partition coefficient (Wildman–Crippen LogP) is 1.70. The Morgan fingerprint density at radius 1 is 1.47 bits per heavy atom.